The highest BCUT2D eigenvalue weighted by Gasteiger charge is 2.06. The van der Waals surface area contributed by atoms with E-state index in [0.29, 0.717) is 12.7 Å². The van der Waals surface area contributed by atoms with Gasteiger partial charge >= 0.3 is 0 Å². The zero-order valence-electron chi connectivity index (χ0n) is 6.54. The van der Waals surface area contributed by atoms with Gasteiger partial charge in [-0.25, -0.2) is 13.1 Å². The van der Waals surface area contributed by atoms with Gasteiger partial charge in [-0.2, -0.15) is 0 Å². The van der Waals surface area contributed by atoms with Crippen molar-refractivity contribution in [3.05, 3.63) is 0 Å². The first-order valence-electron chi connectivity index (χ1n) is 3.53. The maximum atomic E-state index is 10.9. The maximum Gasteiger partial charge on any atom is 0.211 e. The van der Waals surface area contributed by atoms with Crippen molar-refractivity contribution in [3.63, 3.8) is 0 Å². The molecular weight excluding hydrogens is 166 g/mol. The number of unbranched alkanes of at least 4 members (excludes halogenated alkanes) is 1. The van der Waals surface area contributed by atoms with E-state index in [1.165, 1.54) is 0 Å². The SMILES string of the molecule is CCCCS(=O)(=O)NCC=O. The van der Waals surface area contributed by atoms with Crippen LogP contribution in [0.4, 0.5) is 0 Å². The molecule has 0 rings (SSSR count). The van der Waals surface area contributed by atoms with Crippen LogP contribution >= 0.6 is 0 Å². The predicted octanol–water partition coefficient (Wildman–Crippen LogP) is -0.0952. The van der Waals surface area contributed by atoms with Crippen LogP contribution in [0.2, 0.25) is 0 Å². The summed E-state index contributed by atoms with van der Waals surface area (Å²) in [6.07, 6.45) is 2.00. The zero-order valence-corrected chi connectivity index (χ0v) is 7.36. The second kappa shape index (κ2) is 5.26. The summed E-state index contributed by atoms with van der Waals surface area (Å²) in [5, 5.41) is 0. The first kappa shape index (κ1) is 10.6. The van der Waals surface area contributed by atoms with Crippen LogP contribution in [-0.2, 0) is 14.8 Å². The van der Waals surface area contributed by atoms with Gasteiger partial charge in [-0.05, 0) is 6.42 Å². The molecule has 0 fully saturated rings. The first-order chi connectivity index (χ1) is 5.12. The van der Waals surface area contributed by atoms with Crippen molar-refractivity contribution < 1.29 is 13.2 Å². The molecule has 0 aliphatic carbocycles. The molecule has 11 heavy (non-hydrogen) atoms. The van der Waals surface area contributed by atoms with E-state index >= 15 is 0 Å². The van der Waals surface area contributed by atoms with Crippen LogP contribution in [0.3, 0.4) is 0 Å². The summed E-state index contributed by atoms with van der Waals surface area (Å²) < 4.78 is 23.9. The molecule has 0 unspecified atom stereocenters. The van der Waals surface area contributed by atoms with Gasteiger partial charge in [0.1, 0.15) is 6.29 Å². The van der Waals surface area contributed by atoms with Gasteiger partial charge in [0.2, 0.25) is 10.0 Å². The highest BCUT2D eigenvalue weighted by molar-refractivity contribution is 7.89. The highest BCUT2D eigenvalue weighted by Crippen LogP contribution is 1.91. The maximum absolute atomic E-state index is 10.9. The lowest BCUT2D eigenvalue weighted by Gasteiger charge is -2.00. The number of hydrogen-bond donors (Lipinski definition) is 1. The van der Waals surface area contributed by atoms with Crippen molar-refractivity contribution in [1.29, 1.82) is 0 Å². The average Bonchev–Trinajstić information content (AvgIpc) is 1.97. The summed E-state index contributed by atoms with van der Waals surface area (Å²) >= 11 is 0. The van der Waals surface area contributed by atoms with E-state index in [1.54, 1.807) is 0 Å². The van der Waals surface area contributed by atoms with Crippen molar-refractivity contribution in [1.82, 2.24) is 4.72 Å². The Morgan fingerprint density at radius 1 is 1.45 bits per heavy atom. The number of aldehydes is 1. The highest BCUT2D eigenvalue weighted by atomic mass is 32.2. The van der Waals surface area contributed by atoms with Gasteiger partial charge in [-0.3, -0.25) is 0 Å². The zero-order chi connectivity index (χ0) is 8.74. The van der Waals surface area contributed by atoms with Crippen molar-refractivity contribution in [2.45, 2.75) is 19.8 Å². The molecule has 0 heterocycles. The standard InChI is InChI=1S/C6H13NO3S/c1-2-3-6-11(9,10)7-4-5-8/h5,7H,2-4,6H2,1H3. The summed E-state index contributed by atoms with van der Waals surface area (Å²) in [4.78, 5) is 9.80. The molecule has 0 amide bonds. The Morgan fingerprint density at radius 3 is 2.55 bits per heavy atom. The van der Waals surface area contributed by atoms with Crippen molar-refractivity contribution in [3.8, 4) is 0 Å². The Morgan fingerprint density at radius 2 is 2.09 bits per heavy atom. The molecule has 5 heteroatoms. The Labute approximate surface area is 67.0 Å². The lowest BCUT2D eigenvalue weighted by molar-refractivity contribution is -0.106. The number of nitrogens with one attached hydrogen (secondary N) is 1. The van der Waals surface area contributed by atoms with E-state index in [1.807, 2.05) is 6.92 Å². The van der Waals surface area contributed by atoms with Crippen LogP contribution in [0.25, 0.3) is 0 Å². The van der Waals surface area contributed by atoms with E-state index in [0.717, 1.165) is 6.42 Å². The summed E-state index contributed by atoms with van der Waals surface area (Å²) in [6.45, 7) is 1.79. The Hall–Kier alpha value is -0.420. The van der Waals surface area contributed by atoms with E-state index in [-0.39, 0.29) is 12.3 Å². The van der Waals surface area contributed by atoms with Gasteiger partial charge in [0.15, 0.2) is 0 Å². The fourth-order valence-electron chi connectivity index (χ4n) is 0.568. The second-order valence-electron chi connectivity index (χ2n) is 2.19. The summed E-state index contributed by atoms with van der Waals surface area (Å²) in [6, 6.07) is 0. The number of rotatable bonds is 6. The fraction of sp³-hybridized carbons (Fsp3) is 0.833. The van der Waals surface area contributed by atoms with Gasteiger partial charge in [-0.1, -0.05) is 13.3 Å². The molecule has 4 nitrogen and oxygen atoms in total. The van der Waals surface area contributed by atoms with Crippen LogP contribution in [0, 0.1) is 0 Å². The quantitative estimate of drug-likeness (QED) is 0.579. The van der Waals surface area contributed by atoms with E-state index in [2.05, 4.69) is 4.72 Å². The van der Waals surface area contributed by atoms with Crippen LogP contribution < -0.4 is 4.72 Å². The molecule has 0 saturated heterocycles. The van der Waals surface area contributed by atoms with Crippen LogP contribution in [0.5, 0.6) is 0 Å². The van der Waals surface area contributed by atoms with Crippen molar-refractivity contribution in [2.24, 2.45) is 0 Å². The molecule has 0 atom stereocenters. The van der Waals surface area contributed by atoms with E-state index < -0.39 is 10.0 Å². The van der Waals surface area contributed by atoms with Crippen LogP contribution in [0.15, 0.2) is 0 Å². The number of hydrogen-bond acceptors (Lipinski definition) is 3. The monoisotopic (exact) mass is 179 g/mol. The molecule has 0 aliphatic heterocycles. The van der Waals surface area contributed by atoms with Crippen molar-refractivity contribution in [2.75, 3.05) is 12.3 Å². The number of carbonyl (C=O) groups excluding carboxylic acids is 1. The molecule has 0 aromatic carbocycles. The Kier molecular flexibility index (Phi) is 5.06. The molecule has 1 N–H and O–H groups in total. The lowest BCUT2D eigenvalue weighted by Crippen LogP contribution is -2.27. The normalized spacial score (nSPS) is 11.4. The fourth-order valence-corrected chi connectivity index (χ4v) is 1.70. The minimum Gasteiger partial charge on any atom is -0.302 e. The molecule has 0 aromatic heterocycles. The summed E-state index contributed by atoms with van der Waals surface area (Å²) in [5.41, 5.74) is 0. The topological polar surface area (TPSA) is 63.2 Å². The molecule has 0 radical (unpaired) electrons. The average molecular weight is 179 g/mol. The van der Waals surface area contributed by atoms with Crippen LogP contribution in [0.1, 0.15) is 19.8 Å². The molecule has 0 spiro atoms. The molecule has 0 bridgehead atoms. The summed E-state index contributed by atoms with van der Waals surface area (Å²) in [7, 11) is -3.19. The summed E-state index contributed by atoms with van der Waals surface area (Å²) in [5.74, 6) is 0.108. The van der Waals surface area contributed by atoms with Gasteiger partial charge in [-0.15, -0.1) is 0 Å². The Bertz CT molecular complexity index is 198. The number of carbonyl (C=O) groups is 1. The van der Waals surface area contributed by atoms with Gasteiger partial charge in [0.25, 0.3) is 0 Å². The predicted molar refractivity (Wildman–Crippen MR) is 42.8 cm³/mol. The minimum atomic E-state index is -3.19. The molecule has 0 saturated carbocycles. The largest absolute Gasteiger partial charge is 0.302 e. The third kappa shape index (κ3) is 6.00. The molecule has 0 aliphatic rings. The van der Waals surface area contributed by atoms with Gasteiger partial charge in [0, 0.05) is 0 Å². The van der Waals surface area contributed by atoms with E-state index in [9.17, 15) is 13.2 Å². The molecular formula is C6H13NO3S. The third-order valence-corrected chi connectivity index (χ3v) is 2.59. The molecule has 66 valence electrons. The minimum absolute atomic E-state index is 0.108. The molecule has 0 aromatic rings. The van der Waals surface area contributed by atoms with Crippen molar-refractivity contribution >= 4 is 16.3 Å². The van der Waals surface area contributed by atoms with Gasteiger partial charge in [0.05, 0.1) is 12.3 Å². The third-order valence-electron chi connectivity index (χ3n) is 1.15. The van der Waals surface area contributed by atoms with Gasteiger partial charge < -0.3 is 4.79 Å². The number of sulfonamides is 1. The first-order valence-corrected chi connectivity index (χ1v) is 5.18. The lowest BCUT2D eigenvalue weighted by atomic mass is 10.4. The van der Waals surface area contributed by atoms with Crippen LogP contribution in [-0.4, -0.2) is 27.0 Å². The second-order valence-corrected chi connectivity index (χ2v) is 4.11. The van der Waals surface area contributed by atoms with E-state index in [4.69, 9.17) is 0 Å². The Balaban J connectivity index is 3.71. The smallest absolute Gasteiger partial charge is 0.211 e.